The van der Waals surface area contributed by atoms with Crippen molar-refractivity contribution >= 4 is 0 Å². The molecule has 2 aromatic heterocycles. The van der Waals surface area contributed by atoms with Crippen molar-refractivity contribution in [2.24, 2.45) is 0 Å². The van der Waals surface area contributed by atoms with Crippen LogP contribution in [0, 0.1) is 11.3 Å². The molecule has 0 aliphatic heterocycles. The highest BCUT2D eigenvalue weighted by molar-refractivity contribution is 5.31. The molecule has 2 rings (SSSR count). The van der Waals surface area contributed by atoms with Crippen molar-refractivity contribution in [3.8, 4) is 11.9 Å². The average Bonchev–Trinajstić information content (AvgIpc) is 2.45. The Balaban J connectivity index is 1.77. The summed E-state index contributed by atoms with van der Waals surface area (Å²) in [4.78, 5) is 8.02. The molecule has 0 bridgehead atoms. The fourth-order valence-corrected chi connectivity index (χ4v) is 1.56. The third-order valence-corrected chi connectivity index (χ3v) is 2.47. The molecular weight excluding hydrogens is 226 g/mol. The summed E-state index contributed by atoms with van der Waals surface area (Å²) in [6.07, 6.45) is 7.00. The van der Waals surface area contributed by atoms with Crippen LogP contribution in [0.25, 0.3) is 0 Å². The van der Waals surface area contributed by atoms with E-state index in [1.165, 1.54) is 5.56 Å². The van der Waals surface area contributed by atoms with E-state index >= 15 is 0 Å². The van der Waals surface area contributed by atoms with E-state index in [4.69, 9.17) is 10.00 Å². The van der Waals surface area contributed by atoms with Crippen LogP contribution in [-0.2, 0) is 6.42 Å². The van der Waals surface area contributed by atoms with Gasteiger partial charge in [0.1, 0.15) is 0 Å². The zero-order chi connectivity index (χ0) is 12.6. The third kappa shape index (κ3) is 3.56. The van der Waals surface area contributed by atoms with E-state index in [2.05, 4.69) is 16.0 Å². The van der Waals surface area contributed by atoms with Gasteiger partial charge >= 0.3 is 0 Å². The van der Waals surface area contributed by atoms with Crippen LogP contribution in [0.2, 0.25) is 0 Å². The number of nitriles is 1. The number of hydrogen-bond donors (Lipinski definition) is 0. The van der Waals surface area contributed by atoms with Gasteiger partial charge in [-0.05, 0) is 36.6 Å². The average molecular weight is 239 g/mol. The van der Waals surface area contributed by atoms with Gasteiger partial charge in [0.05, 0.1) is 18.2 Å². The topological polar surface area (TPSA) is 58.8 Å². The molecule has 0 aliphatic rings. The number of ether oxygens (including phenoxy) is 1. The van der Waals surface area contributed by atoms with E-state index in [0.29, 0.717) is 18.1 Å². The summed E-state index contributed by atoms with van der Waals surface area (Å²) in [5, 5.41) is 8.74. The second-order valence-electron chi connectivity index (χ2n) is 3.80. The fourth-order valence-electron chi connectivity index (χ4n) is 1.56. The summed E-state index contributed by atoms with van der Waals surface area (Å²) < 4.78 is 5.49. The fraction of sp³-hybridized carbons (Fsp3) is 0.214. The Morgan fingerprint density at radius 3 is 2.78 bits per heavy atom. The van der Waals surface area contributed by atoms with Crippen LogP contribution in [0.4, 0.5) is 0 Å². The predicted octanol–water partition coefficient (Wildman–Crippen LogP) is 2.36. The molecule has 0 radical (unpaired) electrons. The monoisotopic (exact) mass is 239 g/mol. The zero-order valence-corrected chi connectivity index (χ0v) is 9.91. The molecule has 90 valence electrons. The predicted molar refractivity (Wildman–Crippen MR) is 67.0 cm³/mol. The van der Waals surface area contributed by atoms with E-state index in [1.807, 2.05) is 12.1 Å². The first kappa shape index (κ1) is 12.1. The molecule has 0 aliphatic carbocycles. The van der Waals surface area contributed by atoms with E-state index in [1.54, 1.807) is 30.7 Å². The number of rotatable bonds is 5. The zero-order valence-electron chi connectivity index (χ0n) is 9.91. The van der Waals surface area contributed by atoms with Gasteiger partial charge in [-0.15, -0.1) is 0 Å². The molecule has 18 heavy (non-hydrogen) atoms. The van der Waals surface area contributed by atoms with E-state index < -0.39 is 0 Å². The molecule has 0 saturated heterocycles. The summed E-state index contributed by atoms with van der Waals surface area (Å²) >= 11 is 0. The van der Waals surface area contributed by atoms with E-state index in [9.17, 15) is 0 Å². The van der Waals surface area contributed by atoms with Crippen LogP contribution in [-0.4, -0.2) is 16.6 Å². The quantitative estimate of drug-likeness (QED) is 0.751. The van der Waals surface area contributed by atoms with Gasteiger partial charge in [-0.1, -0.05) is 0 Å². The normalized spacial score (nSPS) is 9.72. The molecule has 0 saturated carbocycles. The van der Waals surface area contributed by atoms with Crippen molar-refractivity contribution in [1.82, 2.24) is 9.97 Å². The molecular formula is C14H13N3O. The van der Waals surface area contributed by atoms with Gasteiger partial charge < -0.3 is 4.74 Å². The van der Waals surface area contributed by atoms with Crippen molar-refractivity contribution in [1.29, 1.82) is 5.26 Å². The second-order valence-corrected chi connectivity index (χ2v) is 3.80. The molecule has 0 unspecified atom stereocenters. The smallest absolute Gasteiger partial charge is 0.214 e. The number of hydrogen-bond acceptors (Lipinski definition) is 4. The van der Waals surface area contributed by atoms with Crippen molar-refractivity contribution in [3.63, 3.8) is 0 Å². The maximum Gasteiger partial charge on any atom is 0.214 e. The van der Waals surface area contributed by atoms with Crippen molar-refractivity contribution in [2.45, 2.75) is 12.8 Å². The van der Waals surface area contributed by atoms with Crippen LogP contribution in [0.1, 0.15) is 17.5 Å². The molecule has 0 atom stereocenters. The first-order valence-electron chi connectivity index (χ1n) is 5.76. The van der Waals surface area contributed by atoms with Crippen LogP contribution >= 0.6 is 0 Å². The van der Waals surface area contributed by atoms with Crippen molar-refractivity contribution < 1.29 is 4.74 Å². The standard InChI is InChI=1S/C14H13N3O/c15-11-13-5-8-17-14(10-13)18-9-1-2-12-3-6-16-7-4-12/h3-8,10H,1-2,9H2. The summed E-state index contributed by atoms with van der Waals surface area (Å²) in [6.45, 7) is 0.588. The molecule has 4 heteroatoms. The number of pyridine rings is 2. The SMILES string of the molecule is N#Cc1ccnc(OCCCc2ccncc2)c1. The number of aryl methyl sites for hydroxylation is 1. The molecule has 2 aromatic rings. The first-order valence-corrected chi connectivity index (χ1v) is 5.76. The lowest BCUT2D eigenvalue weighted by molar-refractivity contribution is 0.299. The van der Waals surface area contributed by atoms with Gasteiger partial charge in [0, 0.05) is 24.7 Å². The molecule has 2 heterocycles. The maximum atomic E-state index is 8.74. The minimum Gasteiger partial charge on any atom is -0.478 e. The highest BCUT2D eigenvalue weighted by Crippen LogP contribution is 2.09. The maximum absolute atomic E-state index is 8.74. The summed E-state index contributed by atoms with van der Waals surface area (Å²) in [7, 11) is 0. The Bertz CT molecular complexity index is 534. The van der Waals surface area contributed by atoms with Crippen LogP contribution in [0.3, 0.4) is 0 Å². The van der Waals surface area contributed by atoms with Crippen molar-refractivity contribution in [2.75, 3.05) is 6.61 Å². The first-order chi connectivity index (χ1) is 8.88. The second kappa shape index (κ2) is 6.36. The minimum absolute atomic E-state index is 0.503. The lowest BCUT2D eigenvalue weighted by atomic mass is 10.1. The highest BCUT2D eigenvalue weighted by atomic mass is 16.5. The van der Waals surface area contributed by atoms with Gasteiger partial charge in [0.25, 0.3) is 0 Å². The molecule has 4 nitrogen and oxygen atoms in total. The number of nitrogens with zero attached hydrogens (tertiary/aromatic N) is 3. The van der Waals surface area contributed by atoms with Gasteiger partial charge in [0.15, 0.2) is 0 Å². The Kier molecular flexibility index (Phi) is 4.26. The molecule has 0 aromatic carbocycles. The van der Waals surface area contributed by atoms with E-state index in [-0.39, 0.29) is 0 Å². The van der Waals surface area contributed by atoms with E-state index in [0.717, 1.165) is 12.8 Å². The minimum atomic E-state index is 0.503. The molecule has 0 amide bonds. The Morgan fingerprint density at radius 1 is 1.17 bits per heavy atom. The van der Waals surface area contributed by atoms with Gasteiger partial charge in [-0.2, -0.15) is 5.26 Å². The van der Waals surface area contributed by atoms with Crippen LogP contribution < -0.4 is 4.74 Å². The molecule has 0 fully saturated rings. The van der Waals surface area contributed by atoms with Crippen LogP contribution in [0.15, 0.2) is 42.9 Å². The van der Waals surface area contributed by atoms with Gasteiger partial charge in [-0.25, -0.2) is 4.98 Å². The summed E-state index contributed by atoms with van der Waals surface area (Å²) in [6, 6.07) is 9.35. The largest absolute Gasteiger partial charge is 0.478 e. The lowest BCUT2D eigenvalue weighted by Gasteiger charge is -2.05. The highest BCUT2D eigenvalue weighted by Gasteiger charge is 1.98. The molecule has 0 N–H and O–H groups in total. The number of aromatic nitrogens is 2. The Labute approximate surface area is 106 Å². The van der Waals surface area contributed by atoms with Crippen LogP contribution in [0.5, 0.6) is 5.88 Å². The van der Waals surface area contributed by atoms with Gasteiger partial charge in [-0.3, -0.25) is 4.98 Å². The lowest BCUT2D eigenvalue weighted by Crippen LogP contribution is -2.01. The molecule has 0 spiro atoms. The Morgan fingerprint density at radius 2 is 2.00 bits per heavy atom. The summed E-state index contributed by atoms with van der Waals surface area (Å²) in [5.41, 5.74) is 1.81. The van der Waals surface area contributed by atoms with Crippen molar-refractivity contribution in [3.05, 3.63) is 54.0 Å². The third-order valence-electron chi connectivity index (χ3n) is 2.47. The van der Waals surface area contributed by atoms with Gasteiger partial charge in [0.2, 0.25) is 5.88 Å². The Hall–Kier alpha value is -2.41. The summed E-state index contributed by atoms with van der Waals surface area (Å²) in [5.74, 6) is 0.503.